The number of halogens is 3. The van der Waals surface area contributed by atoms with E-state index in [0.29, 0.717) is 0 Å². The van der Waals surface area contributed by atoms with Crippen molar-refractivity contribution >= 4 is 5.69 Å². The second-order valence-corrected chi connectivity index (χ2v) is 5.43. The number of nitrogens with zero attached hydrogens (tertiary/aromatic N) is 1. The summed E-state index contributed by atoms with van der Waals surface area (Å²) in [5.41, 5.74) is 3.26. The number of allylic oxidation sites excluding steroid dienone is 6. The molecule has 1 unspecified atom stereocenters. The first-order valence-corrected chi connectivity index (χ1v) is 7.31. The molecular weight excluding hydrogens is 303 g/mol. The smallest absolute Gasteiger partial charge is 0.425 e. The molecule has 0 amide bonds. The molecule has 2 nitrogen and oxygen atoms in total. The average Bonchev–Trinajstić information content (AvgIpc) is 2.54. The van der Waals surface area contributed by atoms with Crippen molar-refractivity contribution in [2.45, 2.75) is 25.6 Å². The predicted molar refractivity (Wildman–Crippen MR) is 84.1 cm³/mol. The van der Waals surface area contributed by atoms with Gasteiger partial charge in [-0.05, 0) is 54.8 Å². The van der Waals surface area contributed by atoms with E-state index in [1.807, 2.05) is 29.5 Å². The van der Waals surface area contributed by atoms with E-state index in [2.05, 4.69) is 12.2 Å². The first kappa shape index (κ1) is 15.5. The lowest BCUT2D eigenvalue weighted by molar-refractivity contribution is -0.189. The Bertz CT molecular complexity index is 696. The summed E-state index contributed by atoms with van der Waals surface area (Å²) in [5, 5.41) is 0. The Labute approximate surface area is 132 Å². The van der Waals surface area contributed by atoms with Crippen LogP contribution < -0.4 is 9.64 Å². The van der Waals surface area contributed by atoms with E-state index in [-0.39, 0.29) is 5.75 Å². The maximum Gasteiger partial charge on any atom is 0.425 e. The molecule has 0 radical (unpaired) electrons. The SMILES string of the molecule is CC(Oc1ccc(N2C=CC3=CC=CCC3=C2)cc1)C(F)(F)F. The van der Waals surface area contributed by atoms with Gasteiger partial charge in [0.15, 0.2) is 6.10 Å². The number of benzene rings is 1. The second kappa shape index (κ2) is 5.99. The lowest BCUT2D eigenvalue weighted by atomic mass is 9.97. The zero-order chi connectivity index (χ0) is 16.4. The van der Waals surface area contributed by atoms with Crippen LogP contribution in [0, 0.1) is 0 Å². The fourth-order valence-corrected chi connectivity index (χ4v) is 2.38. The van der Waals surface area contributed by atoms with Gasteiger partial charge in [-0.15, -0.1) is 0 Å². The van der Waals surface area contributed by atoms with Crippen LogP contribution >= 0.6 is 0 Å². The molecule has 0 fully saturated rings. The minimum Gasteiger partial charge on any atom is -0.481 e. The fourth-order valence-electron chi connectivity index (χ4n) is 2.38. The Morgan fingerprint density at radius 2 is 1.91 bits per heavy atom. The van der Waals surface area contributed by atoms with E-state index in [1.165, 1.54) is 11.1 Å². The largest absolute Gasteiger partial charge is 0.481 e. The molecular formula is C18H16F3NO. The van der Waals surface area contributed by atoms with Crippen LogP contribution in [-0.4, -0.2) is 12.3 Å². The number of hydrogen-bond acceptors (Lipinski definition) is 2. The number of hydrogen-bond donors (Lipinski definition) is 0. The van der Waals surface area contributed by atoms with Crippen LogP contribution in [-0.2, 0) is 0 Å². The Hall–Kier alpha value is -2.43. The third-order valence-electron chi connectivity index (χ3n) is 3.74. The molecule has 1 atom stereocenters. The van der Waals surface area contributed by atoms with Crippen molar-refractivity contribution in [3.63, 3.8) is 0 Å². The van der Waals surface area contributed by atoms with Crippen LogP contribution in [0.3, 0.4) is 0 Å². The normalized spacial score (nSPS) is 18.2. The van der Waals surface area contributed by atoms with Crippen molar-refractivity contribution in [3.05, 3.63) is 72.1 Å². The first-order valence-electron chi connectivity index (χ1n) is 7.31. The molecule has 1 aromatic carbocycles. The summed E-state index contributed by atoms with van der Waals surface area (Å²) in [4.78, 5) is 1.95. The summed E-state index contributed by atoms with van der Waals surface area (Å²) in [5.74, 6) is 0.202. The third-order valence-corrected chi connectivity index (χ3v) is 3.74. The summed E-state index contributed by atoms with van der Waals surface area (Å²) >= 11 is 0. The lowest BCUT2D eigenvalue weighted by Gasteiger charge is -2.24. The van der Waals surface area contributed by atoms with Crippen LogP contribution in [0.1, 0.15) is 13.3 Å². The number of fused-ring (bicyclic) bond motifs is 1. The Kier molecular flexibility index (Phi) is 4.03. The van der Waals surface area contributed by atoms with Gasteiger partial charge in [-0.1, -0.05) is 18.2 Å². The summed E-state index contributed by atoms with van der Waals surface area (Å²) in [6, 6.07) is 6.59. The standard InChI is InChI=1S/C18H16F3NO/c1-13(18(19,20)21)23-17-8-6-16(7-9-17)22-11-10-14-4-2-3-5-15(14)12-22/h2-4,6-13H,5H2,1H3. The van der Waals surface area contributed by atoms with Crippen molar-refractivity contribution in [2.75, 3.05) is 4.90 Å². The molecule has 0 saturated carbocycles. The van der Waals surface area contributed by atoms with Gasteiger partial charge < -0.3 is 9.64 Å². The van der Waals surface area contributed by atoms with E-state index in [4.69, 9.17) is 4.74 Å². The molecule has 1 aliphatic heterocycles. The van der Waals surface area contributed by atoms with Crippen LogP contribution in [0.5, 0.6) is 5.75 Å². The van der Waals surface area contributed by atoms with E-state index in [1.54, 1.807) is 24.3 Å². The van der Waals surface area contributed by atoms with Crippen molar-refractivity contribution in [1.82, 2.24) is 0 Å². The Balaban J connectivity index is 1.72. The fraction of sp³-hybridized carbons (Fsp3) is 0.222. The van der Waals surface area contributed by atoms with Crippen molar-refractivity contribution < 1.29 is 17.9 Å². The van der Waals surface area contributed by atoms with Gasteiger partial charge in [0, 0.05) is 18.1 Å². The quantitative estimate of drug-likeness (QED) is 0.766. The summed E-state index contributed by atoms with van der Waals surface area (Å²) in [6.07, 6.45) is 6.84. The first-order chi connectivity index (χ1) is 10.9. The third kappa shape index (κ3) is 3.50. The summed E-state index contributed by atoms with van der Waals surface area (Å²) < 4.78 is 42.4. The maximum absolute atomic E-state index is 12.5. The van der Waals surface area contributed by atoms with Crippen LogP contribution in [0.25, 0.3) is 0 Å². The number of anilines is 1. The van der Waals surface area contributed by atoms with Gasteiger partial charge in [0.2, 0.25) is 0 Å². The number of rotatable bonds is 3. The zero-order valence-electron chi connectivity index (χ0n) is 12.5. The van der Waals surface area contributed by atoms with Crippen molar-refractivity contribution in [3.8, 4) is 5.75 Å². The van der Waals surface area contributed by atoms with Crippen LogP contribution in [0.15, 0.2) is 72.1 Å². The lowest BCUT2D eigenvalue weighted by Crippen LogP contribution is -2.31. The van der Waals surface area contributed by atoms with Gasteiger partial charge in [0.1, 0.15) is 5.75 Å². The average molecular weight is 319 g/mol. The highest BCUT2D eigenvalue weighted by Gasteiger charge is 2.38. The molecule has 120 valence electrons. The van der Waals surface area contributed by atoms with Gasteiger partial charge >= 0.3 is 6.18 Å². The van der Waals surface area contributed by atoms with Gasteiger partial charge in [-0.25, -0.2) is 0 Å². The van der Waals surface area contributed by atoms with E-state index < -0.39 is 12.3 Å². The van der Waals surface area contributed by atoms with Gasteiger partial charge in [-0.3, -0.25) is 0 Å². The predicted octanol–water partition coefficient (Wildman–Crippen LogP) is 5.12. The van der Waals surface area contributed by atoms with Crippen LogP contribution in [0.4, 0.5) is 18.9 Å². The second-order valence-electron chi connectivity index (χ2n) is 5.43. The molecule has 1 heterocycles. The topological polar surface area (TPSA) is 12.5 Å². The van der Waals surface area contributed by atoms with Crippen molar-refractivity contribution in [2.24, 2.45) is 0 Å². The van der Waals surface area contributed by atoms with E-state index >= 15 is 0 Å². The molecule has 5 heteroatoms. The Morgan fingerprint density at radius 3 is 2.61 bits per heavy atom. The van der Waals surface area contributed by atoms with E-state index in [0.717, 1.165) is 19.0 Å². The molecule has 23 heavy (non-hydrogen) atoms. The summed E-state index contributed by atoms with van der Waals surface area (Å²) in [6.45, 7) is 0.996. The van der Waals surface area contributed by atoms with Gasteiger partial charge in [0.05, 0.1) is 0 Å². The number of alkyl halides is 3. The highest BCUT2D eigenvalue weighted by Crippen LogP contribution is 2.30. The highest BCUT2D eigenvalue weighted by molar-refractivity contribution is 5.61. The van der Waals surface area contributed by atoms with Crippen LogP contribution in [0.2, 0.25) is 0 Å². The van der Waals surface area contributed by atoms with E-state index in [9.17, 15) is 13.2 Å². The minimum atomic E-state index is -4.37. The molecule has 0 spiro atoms. The maximum atomic E-state index is 12.5. The minimum absolute atomic E-state index is 0.202. The monoisotopic (exact) mass is 319 g/mol. The van der Waals surface area contributed by atoms with Crippen molar-refractivity contribution in [1.29, 1.82) is 0 Å². The van der Waals surface area contributed by atoms with Gasteiger partial charge in [0.25, 0.3) is 0 Å². The molecule has 3 rings (SSSR count). The Morgan fingerprint density at radius 1 is 1.17 bits per heavy atom. The number of ether oxygens (including phenoxy) is 1. The molecule has 1 aromatic rings. The molecule has 2 aliphatic rings. The highest BCUT2D eigenvalue weighted by atomic mass is 19.4. The molecule has 1 aliphatic carbocycles. The molecule has 0 bridgehead atoms. The zero-order valence-corrected chi connectivity index (χ0v) is 12.5. The molecule has 0 aromatic heterocycles. The molecule has 0 N–H and O–H groups in total. The molecule has 0 saturated heterocycles. The van der Waals surface area contributed by atoms with Gasteiger partial charge in [-0.2, -0.15) is 13.2 Å². The summed E-state index contributed by atoms with van der Waals surface area (Å²) in [7, 11) is 0.